The lowest BCUT2D eigenvalue weighted by molar-refractivity contribution is -0.144. The fourth-order valence-electron chi connectivity index (χ4n) is 4.78. The second-order valence-electron chi connectivity index (χ2n) is 8.52. The van der Waals surface area contributed by atoms with Gasteiger partial charge in [0.1, 0.15) is 0 Å². The molecule has 1 N–H and O–H groups in total. The summed E-state index contributed by atoms with van der Waals surface area (Å²) in [6, 6.07) is 6.97. The molecule has 4 heteroatoms. The first-order valence-electron chi connectivity index (χ1n) is 8.83. The number of aliphatic carboxylic acids is 1. The van der Waals surface area contributed by atoms with Gasteiger partial charge >= 0.3 is 5.97 Å². The molecular formula is C20H26N2O2. The molecular weight excluding hydrogens is 300 g/mol. The number of likely N-dealkylation sites (N-methyl/N-ethyl adjacent to an activating group) is 1. The van der Waals surface area contributed by atoms with Crippen molar-refractivity contribution in [1.29, 1.82) is 0 Å². The van der Waals surface area contributed by atoms with E-state index in [1.165, 1.54) is 22.0 Å². The number of benzene rings is 1. The maximum absolute atomic E-state index is 11.6. The predicted octanol–water partition coefficient (Wildman–Crippen LogP) is 3.44. The molecule has 1 aliphatic heterocycles. The van der Waals surface area contributed by atoms with Gasteiger partial charge in [0.15, 0.2) is 0 Å². The number of hydrogen-bond acceptors (Lipinski definition) is 2. The third kappa shape index (κ3) is 2.20. The molecule has 0 radical (unpaired) electrons. The highest BCUT2D eigenvalue weighted by atomic mass is 16.4. The highest BCUT2D eigenvalue weighted by molar-refractivity contribution is 5.89. The van der Waals surface area contributed by atoms with Crippen molar-refractivity contribution in [3.05, 3.63) is 35.5 Å². The van der Waals surface area contributed by atoms with Gasteiger partial charge in [0.05, 0.1) is 5.92 Å². The lowest BCUT2D eigenvalue weighted by Crippen LogP contribution is -2.49. The van der Waals surface area contributed by atoms with Crippen LogP contribution in [-0.4, -0.2) is 40.2 Å². The second kappa shape index (κ2) is 5.09. The summed E-state index contributed by atoms with van der Waals surface area (Å²) < 4.78 is 2.38. The molecule has 128 valence electrons. The van der Waals surface area contributed by atoms with Gasteiger partial charge in [-0.15, -0.1) is 0 Å². The van der Waals surface area contributed by atoms with E-state index in [0.717, 1.165) is 12.8 Å². The van der Waals surface area contributed by atoms with E-state index in [2.05, 4.69) is 61.7 Å². The van der Waals surface area contributed by atoms with Gasteiger partial charge in [0, 0.05) is 41.1 Å². The van der Waals surface area contributed by atoms with Crippen LogP contribution in [0.2, 0.25) is 0 Å². The molecule has 24 heavy (non-hydrogen) atoms. The number of carboxylic acid groups (broad SMARTS) is 1. The number of fused-ring (bicyclic) bond motifs is 2. The van der Waals surface area contributed by atoms with Gasteiger partial charge in [-0.1, -0.05) is 12.1 Å². The molecule has 4 rings (SSSR count). The molecule has 0 saturated carbocycles. The van der Waals surface area contributed by atoms with Crippen molar-refractivity contribution in [2.24, 2.45) is 5.92 Å². The molecule has 0 amide bonds. The van der Waals surface area contributed by atoms with E-state index in [4.69, 9.17) is 0 Å². The minimum atomic E-state index is -0.662. The summed E-state index contributed by atoms with van der Waals surface area (Å²) in [5, 5.41) is 10.9. The molecule has 2 aromatic rings. The summed E-state index contributed by atoms with van der Waals surface area (Å²) in [6.45, 7) is 7.36. The van der Waals surface area contributed by atoms with Crippen LogP contribution < -0.4 is 0 Å². The van der Waals surface area contributed by atoms with Gasteiger partial charge in [-0.2, -0.15) is 0 Å². The zero-order valence-corrected chi connectivity index (χ0v) is 14.9. The summed E-state index contributed by atoms with van der Waals surface area (Å²) in [4.78, 5) is 13.8. The zero-order chi connectivity index (χ0) is 17.2. The molecule has 1 aliphatic carbocycles. The Morgan fingerprint density at radius 3 is 2.71 bits per heavy atom. The number of carboxylic acids is 1. The Hall–Kier alpha value is -1.81. The monoisotopic (exact) mass is 326 g/mol. The zero-order valence-electron chi connectivity index (χ0n) is 14.9. The average Bonchev–Trinajstić information content (AvgIpc) is 2.88. The van der Waals surface area contributed by atoms with Crippen molar-refractivity contribution < 1.29 is 9.90 Å². The lowest BCUT2D eigenvalue weighted by atomic mass is 9.72. The standard InChI is InChI=1S/C20H26N2O2/c1-20(2,3)22-11-12-9-17-15(8-13(19(23)24)10-21(17)4)14-6-5-7-16(22)18(12)14/h5-7,11,13,15,17H,8-10H2,1-4H3,(H,23,24)/t13?,15-,17-/m1/s1. The molecule has 2 aliphatic rings. The Morgan fingerprint density at radius 2 is 2.04 bits per heavy atom. The number of aromatic nitrogens is 1. The smallest absolute Gasteiger partial charge is 0.307 e. The van der Waals surface area contributed by atoms with E-state index in [1.54, 1.807) is 0 Å². The van der Waals surface area contributed by atoms with Crippen molar-refractivity contribution >= 4 is 16.9 Å². The maximum atomic E-state index is 11.6. The molecule has 1 unspecified atom stereocenters. The average molecular weight is 326 g/mol. The summed E-state index contributed by atoms with van der Waals surface area (Å²) in [7, 11) is 2.08. The highest BCUT2D eigenvalue weighted by Crippen LogP contribution is 2.45. The Labute approximate surface area is 143 Å². The SMILES string of the molecule is CN1CC(C(=O)O)C[C@@H]2c3cccc4c3c(cn4C(C)(C)C)C[C@H]21. The van der Waals surface area contributed by atoms with Crippen LogP contribution in [0.25, 0.3) is 10.9 Å². The molecule has 1 fully saturated rings. The summed E-state index contributed by atoms with van der Waals surface area (Å²) in [5.74, 6) is -0.611. The van der Waals surface area contributed by atoms with Crippen LogP contribution in [0.4, 0.5) is 0 Å². The number of piperidine rings is 1. The van der Waals surface area contributed by atoms with Crippen molar-refractivity contribution in [3.63, 3.8) is 0 Å². The molecule has 1 aromatic heterocycles. The number of nitrogens with zero attached hydrogens (tertiary/aromatic N) is 2. The van der Waals surface area contributed by atoms with Crippen LogP contribution >= 0.6 is 0 Å². The van der Waals surface area contributed by atoms with Crippen molar-refractivity contribution in [2.45, 2.75) is 51.1 Å². The number of rotatable bonds is 1. The van der Waals surface area contributed by atoms with Crippen LogP contribution in [-0.2, 0) is 16.8 Å². The lowest BCUT2D eigenvalue weighted by Gasteiger charge is -2.44. The number of likely N-dealkylation sites (tertiary alicyclic amines) is 1. The largest absolute Gasteiger partial charge is 0.481 e. The molecule has 1 saturated heterocycles. The normalized spacial score (nSPS) is 27.2. The Bertz CT molecular complexity index is 815. The first-order chi connectivity index (χ1) is 11.3. The Balaban J connectivity index is 1.89. The number of hydrogen-bond donors (Lipinski definition) is 1. The second-order valence-corrected chi connectivity index (χ2v) is 8.52. The van der Waals surface area contributed by atoms with Crippen molar-refractivity contribution in [1.82, 2.24) is 9.47 Å². The van der Waals surface area contributed by atoms with Gasteiger partial charge in [0.25, 0.3) is 0 Å². The third-order valence-corrected chi connectivity index (χ3v) is 5.92. The predicted molar refractivity (Wildman–Crippen MR) is 95.5 cm³/mol. The van der Waals surface area contributed by atoms with E-state index >= 15 is 0 Å². The van der Waals surface area contributed by atoms with Gasteiger partial charge < -0.3 is 14.6 Å². The first kappa shape index (κ1) is 15.7. The topological polar surface area (TPSA) is 45.5 Å². The van der Waals surface area contributed by atoms with E-state index in [0.29, 0.717) is 18.5 Å². The third-order valence-electron chi connectivity index (χ3n) is 5.92. The fourth-order valence-corrected chi connectivity index (χ4v) is 4.78. The minimum Gasteiger partial charge on any atom is -0.481 e. The Morgan fingerprint density at radius 1 is 1.29 bits per heavy atom. The summed E-state index contributed by atoms with van der Waals surface area (Å²) >= 11 is 0. The van der Waals surface area contributed by atoms with Crippen LogP contribution in [0.3, 0.4) is 0 Å². The molecule has 0 bridgehead atoms. The molecule has 4 nitrogen and oxygen atoms in total. The Kier molecular flexibility index (Phi) is 3.33. The summed E-state index contributed by atoms with van der Waals surface area (Å²) in [5.41, 5.74) is 4.09. The number of carbonyl (C=O) groups is 1. The highest BCUT2D eigenvalue weighted by Gasteiger charge is 2.42. The van der Waals surface area contributed by atoms with E-state index in [1.807, 2.05) is 0 Å². The molecule has 3 atom stereocenters. The molecule has 2 heterocycles. The van der Waals surface area contributed by atoms with Crippen molar-refractivity contribution in [3.8, 4) is 0 Å². The summed E-state index contributed by atoms with van der Waals surface area (Å²) in [6.07, 6.45) is 4.09. The van der Waals surface area contributed by atoms with E-state index in [9.17, 15) is 9.90 Å². The van der Waals surface area contributed by atoms with Gasteiger partial charge in [-0.3, -0.25) is 4.79 Å². The molecule has 0 spiro atoms. The molecule has 1 aromatic carbocycles. The quantitative estimate of drug-likeness (QED) is 0.873. The fraction of sp³-hybridized carbons (Fsp3) is 0.550. The van der Waals surface area contributed by atoms with Gasteiger partial charge in [0.2, 0.25) is 0 Å². The minimum absolute atomic E-state index is 0.0418. The van der Waals surface area contributed by atoms with Crippen LogP contribution in [0.5, 0.6) is 0 Å². The van der Waals surface area contributed by atoms with E-state index < -0.39 is 5.97 Å². The maximum Gasteiger partial charge on any atom is 0.307 e. The van der Waals surface area contributed by atoms with Crippen molar-refractivity contribution in [2.75, 3.05) is 13.6 Å². The van der Waals surface area contributed by atoms with Gasteiger partial charge in [-0.25, -0.2) is 0 Å². The van der Waals surface area contributed by atoms with E-state index in [-0.39, 0.29) is 11.5 Å². The van der Waals surface area contributed by atoms with Crippen LogP contribution in [0.1, 0.15) is 44.2 Å². The van der Waals surface area contributed by atoms with Gasteiger partial charge in [-0.05, 0) is 57.9 Å². The first-order valence-corrected chi connectivity index (χ1v) is 8.83. The van der Waals surface area contributed by atoms with Crippen LogP contribution in [0, 0.1) is 5.92 Å². The van der Waals surface area contributed by atoms with Crippen LogP contribution in [0.15, 0.2) is 24.4 Å².